The van der Waals surface area contributed by atoms with Crippen LogP contribution in [0.1, 0.15) is 10.4 Å². The van der Waals surface area contributed by atoms with Crippen molar-refractivity contribution in [3.05, 3.63) is 48.4 Å². The second-order valence-electron chi connectivity index (χ2n) is 5.41. The van der Waals surface area contributed by atoms with E-state index in [0.717, 1.165) is 6.26 Å². The number of nitrogens with zero attached hydrogens (tertiary/aromatic N) is 2. The van der Waals surface area contributed by atoms with E-state index in [0.29, 0.717) is 32.0 Å². The zero-order valence-corrected chi connectivity index (χ0v) is 14.5. The second kappa shape index (κ2) is 5.64. The number of oxazole rings is 1. The summed E-state index contributed by atoms with van der Waals surface area (Å²) < 4.78 is 29.1. The van der Waals surface area contributed by atoms with E-state index in [9.17, 15) is 13.2 Å². The number of carbonyl (C=O) groups excluding carboxylic acids is 1. The third kappa shape index (κ3) is 2.99. The van der Waals surface area contributed by atoms with Gasteiger partial charge >= 0.3 is 0 Å². The molecule has 1 N–H and O–H groups in total. The number of anilines is 1. The molecule has 0 unspecified atom stereocenters. The van der Waals surface area contributed by atoms with Crippen LogP contribution in [0.25, 0.3) is 21.3 Å². The first-order valence-corrected chi connectivity index (χ1v) is 9.86. The van der Waals surface area contributed by atoms with Crippen LogP contribution in [-0.4, -0.2) is 30.5 Å². The van der Waals surface area contributed by atoms with Gasteiger partial charge in [0.15, 0.2) is 26.9 Å². The minimum Gasteiger partial charge on any atom is -0.443 e. The van der Waals surface area contributed by atoms with Crippen molar-refractivity contribution < 1.29 is 17.6 Å². The lowest BCUT2D eigenvalue weighted by atomic mass is 10.2. The van der Waals surface area contributed by atoms with Gasteiger partial charge in [-0.15, -0.1) is 0 Å². The number of carbonyl (C=O) groups is 1. The predicted octanol–water partition coefficient (Wildman–Crippen LogP) is 3.09. The lowest BCUT2D eigenvalue weighted by molar-refractivity contribution is 0.102. The van der Waals surface area contributed by atoms with Gasteiger partial charge in [-0.1, -0.05) is 11.3 Å². The van der Waals surface area contributed by atoms with Gasteiger partial charge in [0.05, 0.1) is 15.1 Å². The fourth-order valence-corrected chi connectivity index (χ4v) is 3.98. The Morgan fingerprint density at radius 2 is 2.00 bits per heavy atom. The first kappa shape index (κ1) is 15.7. The minimum absolute atomic E-state index is 0.220. The highest BCUT2D eigenvalue weighted by atomic mass is 32.2. The average molecular weight is 373 g/mol. The quantitative estimate of drug-likeness (QED) is 0.592. The molecule has 1 amide bonds. The summed E-state index contributed by atoms with van der Waals surface area (Å²) in [6.45, 7) is 0. The summed E-state index contributed by atoms with van der Waals surface area (Å²) in [6.07, 6.45) is 2.47. The van der Waals surface area contributed by atoms with Gasteiger partial charge in [0.1, 0.15) is 5.52 Å². The standard InChI is InChI=1S/C16H11N3O4S2/c1-25(21,22)10-3-4-11-14(7-10)24-16(18-11)19-15(20)9-2-5-13-12(6-9)17-8-23-13/h2-8H,1H3,(H,18,19,20). The van der Waals surface area contributed by atoms with Crippen molar-refractivity contribution in [3.63, 3.8) is 0 Å². The summed E-state index contributed by atoms with van der Waals surface area (Å²) in [6, 6.07) is 9.62. The molecule has 4 rings (SSSR count). The summed E-state index contributed by atoms with van der Waals surface area (Å²) >= 11 is 1.21. The molecule has 0 saturated heterocycles. The molecule has 0 aliphatic rings. The number of thiazole rings is 1. The molecule has 0 spiro atoms. The van der Waals surface area contributed by atoms with Crippen LogP contribution in [0.5, 0.6) is 0 Å². The monoisotopic (exact) mass is 373 g/mol. The van der Waals surface area contributed by atoms with Crippen molar-refractivity contribution in [3.8, 4) is 0 Å². The molecule has 126 valence electrons. The lowest BCUT2D eigenvalue weighted by Gasteiger charge is -2.00. The molecule has 0 aliphatic heterocycles. The normalized spacial score (nSPS) is 11.9. The number of amides is 1. The summed E-state index contributed by atoms with van der Waals surface area (Å²) in [4.78, 5) is 20.9. The van der Waals surface area contributed by atoms with Crippen LogP contribution in [0.15, 0.2) is 52.1 Å². The van der Waals surface area contributed by atoms with Gasteiger partial charge in [-0.2, -0.15) is 0 Å². The van der Waals surface area contributed by atoms with E-state index >= 15 is 0 Å². The molecular weight excluding hydrogens is 362 g/mol. The van der Waals surface area contributed by atoms with Gasteiger partial charge in [-0.05, 0) is 36.4 Å². The van der Waals surface area contributed by atoms with Crippen molar-refractivity contribution >= 4 is 53.5 Å². The third-order valence-corrected chi connectivity index (χ3v) is 5.64. The summed E-state index contributed by atoms with van der Waals surface area (Å²) in [5.41, 5.74) is 2.25. The summed E-state index contributed by atoms with van der Waals surface area (Å²) in [5.74, 6) is -0.327. The topological polar surface area (TPSA) is 102 Å². The van der Waals surface area contributed by atoms with Crippen LogP contribution in [0.4, 0.5) is 5.13 Å². The van der Waals surface area contributed by atoms with Gasteiger partial charge in [-0.25, -0.2) is 18.4 Å². The van der Waals surface area contributed by atoms with Gasteiger partial charge in [0.2, 0.25) is 0 Å². The molecule has 0 atom stereocenters. The number of hydrogen-bond acceptors (Lipinski definition) is 7. The van der Waals surface area contributed by atoms with Crippen LogP contribution in [-0.2, 0) is 9.84 Å². The SMILES string of the molecule is CS(=O)(=O)c1ccc2nc(NC(=O)c3ccc4ocnc4c3)sc2c1. The smallest absolute Gasteiger partial charge is 0.257 e. The number of rotatable bonds is 3. The Labute approximate surface area is 146 Å². The van der Waals surface area contributed by atoms with E-state index in [2.05, 4.69) is 15.3 Å². The van der Waals surface area contributed by atoms with Crippen LogP contribution in [0.3, 0.4) is 0 Å². The molecule has 2 heterocycles. The zero-order chi connectivity index (χ0) is 17.6. The molecule has 25 heavy (non-hydrogen) atoms. The number of benzene rings is 2. The van der Waals surface area contributed by atoms with Gasteiger partial charge in [-0.3, -0.25) is 10.1 Å². The maximum absolute atomic E-state index is 12.4. The van der Waals surface area contributed by atoms with Crippen LogP contribution >= 0.6 is 11.3 Å². The number of sulfone groups is 1. The van der Waals surface area contributed by atoms with Crippen molar-refractivity contribution in [2.45, 2.75) is 4.90 Å². The highest BCUT2D eigenvalue weighted by Crippen LogP contribution is 2.28. The van der Waals surface area contributed by atoms with Crippen molar-refractivity contribution in [2.24, 2.45) is 0 Å². The summed E-state index contributed by atoms with van der Waals surface area (Å²) in [7, 11) is -3.29. The zero-order valence-electron chi connectivity index (χ0n) is 12.9. The molecular formula is C16H11N3O4S2. The Balaban J connectivity index is 1.64. The minimum atomic E-state index is -3.29. The average Bonchev–Trinajstić information content (AvgIpc) is 3.18. The highest BCUT2D eigenvalue weighted by molar-refractivity contribution is 7.90. The lowest BCUT2D eigenvalue weighted by Crippen LogP contribution is -2.11. The molecule has 9 heteroatoms. The van der Waals surface area contributed by atoms with Gasteiger partial charge in [0, 0.05) is 11.8 Å². The fraction of sp³-hybridized carbons (Fsp3) is 0.0625. The predicted molar refractivity (Wildman–Crippen MR) is 94.7 cm³/mol. The Kier molecular flexibility index (Phi) is 3.55. The molecule has 2 aromatic carbocycles. The molecule has 7 nitrogen and oxygen atoms in total. The first-order chi connectivity index (χ1) is 11.9. The van der Waals surface area contributed by atoms with Crippen molar-refractivity contribution in [1.82, 2.24) is 9.97 Å². The molecule has 4 aromatic rings. The first-order valence-electron chi connectivity index (χ1n) is 7.15. The highest BCUT2D eigenvalue weighted by Gasteiger charge is 2.14. The van der Waals surface area contributed by atoms with E-state index in [1.54, 1.807) is 30.3 Å². The number of nitrogens with one attached hydrogen (secondary N) is 1. The summed E-state index contributed by atoms with van der Waals surface area (Å²) in [5, 5.41) is 3.12. The van der Waals surface area contributed by atoms with E-state index in [1.165, 1.54) is 23.8 Å². The third-order valence-electron chi connectivity index (χ3n) is 3.60. The van der Waals surface area contributed by atoms with Crippen molar-refractivity contribution in [1.29, 1.82) is 0 Å². The molecule has 0 fully saturated rings. The van der Waals surface area contributed by atoms with E-state index < -0.39 is 9.84 Å². The number of aromatic nitrogens is 2. The second-order valence-corrected chi connectivity index (χ2v) is 8.46. The Morgan fingerprint density at radius 3 is 2.80 bits per heavy atom. The van der Waals surface area contributed by atoms with E-state index in [1.807, 2.05) is 0 Å². The Hall–Kier alpha value is -2.78. The Morgan fingerprint density at radius 1 is 1.16 bits per heavy atom. The molecule has 0 saturated carbocycles. The van der Waals surface area contributed by atoms with Crippen LogP contribution in [0.2, 0.25) is 0 Å². The number of fused-ring (bicyclic) bond motifs is 2. The van der Waals surface area contributed by atoms with Crippen molar-refractivity contribution in [2.75, 3.05) is 11.6 Å². The Bertz CT molecular complexity index is 1220. The van der Waals surface area contributed by atoms with Crippen LogP contribution < -0.4 is 5.32 Å². The molecule has 0 bridgehead atoms. The molecule has 0 radical (unpaired) electrons. The number of hydrogen-bond donors (Lipinski definition) is 1. The van der Waals surface area contributed by atoms with Gasteiger partial charge in [0.25, 0.3) is 5.91 Å². The van der Waals surface area contributed by atoms with E-state index in [4.69, 9.17) is 4.42 Å². The van der Waals surface area contributed by atoms with E-state index in [-0.39, 0.29) is 10.8 Å². The molecule has 0 aliphatic carbocycles. The largest absolute Gasteiger partial charge is 0.443 e. The maximum Gasteiger partial charge on any atom is 0.257 e. The van der Waals surface area contributed by atoms with Gasteiger partial charge < -0.3 is 4.42 Å². The molecule has 2 aromatic heterocycles. The maximum atomic E-state index is 12.4. The fourth-order valence-electron chi connectivity index (χ4n) is 2.36. The van der Waals surface area contributed by atoms with Crippen LogP contribution in [0, 0.1) is 0 Å².